The van der Waals surface area contributed by atoms with E-state index >= 15 is 0 Å². The summed E-state index contributed by atoms with van der Waals surface area (Å²) in [7, 11) is 0. The monoisotopic (exact) mass is 270 g/mol. The molecule has 0 bridgehead atoms. The first kappa shape index (κ1) is 16.0. The summed E-state index contributed by atoms with van der Waals surface area (Å²) in [6.07, 6.45) is 4.56. The lowest BCUT2D eigenvalue weighted by Gasteiger charge is -2.33. The summed E-state index contributed by atoms with van der Waals surface area (Å²) in [5.74, 6) is -1.13. The van der Waals surface area contributed by atoms with Gasteiger partial charge in [-0.1, -0.05) is 26.7 Å². The zero-order chi connectivity index (χ0) is 14.5. The third-order valence-corrected chi connectivity index (χ3v) is 3.97. The Kier molecular flexibility index (Phi) is 5.35. The second kappa shape index (κ2) is 6.37. The van der Waals surface area contributed by atoms with E-state index in [9.17, 15) is 14.7 Å². The van der Waals surface area contributed by atoms with E-state index in [-0.39, 0.29) is 5.91 Å². The van der Waals surface area contributed by atoms with Crippen LogP contribution < -0.4 is 10.6 Å². The molecular formula is C14H26N2O3. The van der Waals surface area contributed by atoms with Gasteiger partial charge in [0.25, 0.3) is 0 Å². The Morgan fingerprint density at radius 2 is 2.05 bits per heavy atom. The average Bonchev–Trinajstić information content (AvgIpc) is 2.79. The summed E-state index contributed by atoms with van der Waals surface area (Å²) in [5.41, 5.74) is -1.74. The van der Waals surface area contributed by atoms with Gasteiger partial charge in [-0.05, 0) is 39.2 Å². The molecule has 2 unspecified atom stereocenters. The fraction of sp³-hybridized carbons (Fsp3) is 0.857. The predicted octanol–water partition coefficient (Wildman–Crippen LogP) is 1.67. The fourth-order valence-electron chi connectivity index (χ4n) is 2.85. The van der Waals surface area contributed by atoms with Crippen LogP contribution in [0.4, 0.5) is 0 Å². The highest BCUT2D eigenvalue weighted by molar-refractivity contribution is 5.92. The third kappa shape index (κ3) is 3.47. The maximum Gasteiger partial charge on any atom is 0.329 e. The summed E-state index contributed by atoms with van der Waals surface area (Å²) in [6, 6.07) is 0. The highest BCUT2D eigenvalue weighted by Gasteiger charge is 2.44. The van der Waals surface area contributed by atoms with Crippen LogP contribution in [0.1, 0.15) is 59.3 Å². The van der Waals surface area contributed by atoms with Crippen LogP contribution >= 0.6 is 0 Å². The molecule has 1 amide bonds. The van der Waals surface area contributed by atoms with Crippen molar-refractivity contribution in [3.63, 3.8) is 0 Å². The number of amides is 1. The number of carbonyl (C=O) groups excluding carboxylic acids is 1. The van der Waals surface area contributed by atoms with Gasteiger partial charge in [0.2, 0.25) is 5.91 Å². The second-order valence-electron chi connectivity index (χ2n) is 5.70. The van der Waals surface area contributed by atoms with E-state index in [1.807, 2.05) is 13.8 Å². The molecule has 0 aromatic rings. The van der Waals surface area contributed by atoms with Gasteiger partial charge in [-0.25, -0.2) is 4.79 Å². The third-order valence-electron chi connectivity index (χ3n) is 3.97. The quantitative estimate of drug-likeness (QED) is 0.657. The molecule has 0 aromatic heterocycles. The van der Waals surface area contributed by atoms with E-state index in [4.69, 9.17) is 0 Å². The van der Waals surface area contributed by atoms with Crippen molar-refractivity contribution in [1.82, 2.24) is 10.6 Å². The lowest BCUT2D eigenvalue weighted by molar-refractivity contribution is -0.148. The molecule has 1 saturated heterocycles. The van der Waals surface area contributed by atoms with Gasteiger partial charge in [-0.15, -0.1) is 0 Å². The first-order valence-corrected chi connectivity index (χ1v) is 7.21. The Balaban J connectivity index is 2.83. The van der Waals surface area contributed by atoms with Gasteiger partial charge in [-0.2, -0.15) is 0 Å². The molecule has 110 valence electrons. The van der Waals surface area contributed by atoms with Gasteiger partial charge < -0.3 is 15.7 Å². The first-order valence-electron chi connectivity index (χ1n) is 7.21. The van der Waals surface area contributed by atoms with Crippen LogP contribution in [0.2, 0.25) is 0 Å². The predicted molar refractivity (Wildman–Crippen MR) is 74.0 cm³/mol. The number of hydrogen-bond donors (Lipinski definition) is 3. The SMILES string of the molecule is CCCC(C)(NC(=O)C1(CCC)CCCN1)C(=O)O. The molecule has 0 spiro atoms. The van der Waals surface area contributed by atoms with Crippen molar-refractivity contribution in [1.29, 1.82) is 0 Å². The zero-order valence-electron chi connectivity index (χ0n) is 12.2. The molecule has 1 fully saturated rings. The largest absolute Gasteiger partial charge is 0.480 e. The smallest absolute Gasteiger partial charge is 0.329 e. The minimum atomic E-state index is -1.17. The van der Waals surface area contributed by atoms with Gasteiger partial charge in [0.1, 0.15) is 5.54 Å². The normalized spacial score (nSPS) is 25.8. The van der Waals surface area contributed by atoms with E-state index in [2.05, 4.69) is 10.6 Å². The van der Waals surface area contributed by atoms with Crippen LogP contribution in [0, 0.1) is 0 Å². The minimum Gasteiger partial charge on any atom is -0.480 e. The highest BCUT2D eigenvalue weighted by atomic mass is 16.4. The van der Waals surface area contributed by atoms with Crippen molar-refractivity contribution < 1.29 is 14.7 Å². The molecule has 5 nitrogen and oxygen atoms in total. The van der Waals surface area contributed by atoms with Gasteiger partial charge in [0, 0.05) is 0 Å². The number of hydrogen-bond acceptors (Lipinski definition) is 3. The molecule has 3 N–H and O–H groups in total. The Bertz CT molecular complexity index is 338. The Morgan fingerprint density at radius 3 is 2.47 bits per heavy atom. The molecule has 0 saturated carbocycles. The molecule has 0 radical (unpaired) electrons. The van der Waals surface area contributed by atoms with E-state index in [0.29, 0.717) is 6.42 Å². The number of rotatable bonds is 7. The van der Waals surface area contributed by atoms with Crippen molar-refractivity contribution in [2.24, 2.45) is 0 Å². The maximum absolute atomic E-state index is 12.5. The molecule has 5 heteroatoms. The molecule has 2 atom stereocenters. The second-order valence-corrected chi connectivity index (χ2v) is 5.70. The van der Waals surface area contributed by atoms with E-state index in [1.165, 1.54) is 0 Å². The summed E-state index contributed by atoms with van der Waals surface area (Å²) in [6.45, 7) is 6.37. The number of carbonyl (C=O) groups is 2. The van der Waals surface area contributed by atoms with Crippen molar-refractivity contribution in [2.75, 3.05) is 6.54 Å². The summed E-state index contributed by atoms with van der Waals surface area (Å²) in [5, 5.41) is 15.4. The molecule has 0 aromatic carbocycles. The van der Waals surface area contributed by atoms with Crippen molar-refractivity contribution in [2.45, 2.75) is 70.4 Å². The standard InChI is InChI=1S/C14H26N2O3/c1-4-7-13(3,12(18)19)16-11(17)14(8-5-2)9-6-10-15-14/h15H,4-10H2,1-3H3,(H,16,17)(H,18,19). The molecule has 1 heterocycles. The van der Waals surface area contributed by atoms with Crippen molar-refractivity contribution in [3.05, 3.63) is 0 Å². The molecule has 0 aliphatic carbocycles. The number of carboxylic acids is 1. The summed E-state index contributed by atoms with van der Waals surface area (Å²) < 4.78 is 0. The van der Waals surface area contributed by atoms with Crippen molar-refractivity contribution in [3.8, 4) is 0 Å². The topological polar surface area (TPSA) is 78.4 Å². The van der Waals surface area contributed by atoms with Gasteiger partial charge in [0.15, 0.2) is 0 Å². The van der Waals surface area contributed by atoms with Crippen LogP contribution in [-0.4, -0.2) is 34.6 Å². The number of carboxylic acid groups (broad SMARTS) is 1. The zero-order valence-corrected chi connectivity index (χ0v) is 12.2. The van der Waals surface area contributed by atoms with Gasteiger partial charge >= 0.3 is 5.97 Å². The van der Waals surface area contributed by atoms with Crippen LogP contribution in [0.3, 0.4) is 0 Å². The molecule has 1 aliphatic heterocycles. The Morgan fingerprint density at radius 1 is 1.37 bits per heavy atom. The van der Waals surface area contributed by atoms with E-state index in [1.54, 1.807) is 6.92 Å². The highest BCUT2D eigenvalue weighted by Crippen LogP contribution is 2.26. The fourth-order valence-corrected chi connectivity index (χ4v) is 2.85. The summed E-state index contributed by atoms with van der Waals surface area (Å²) in [4.78, 5) is 23.9. The molecule has 1 rings (SSSR count). The van der Waals surface area contributed by atoms with Crippen LogP contribution in [0.25, 0.3) is 0 Å². The van der Waals surface area contributed by atoms with E-state index in [0.717, 1.165) is 38.6 Å². The minimum absolute atomic E-state index is 0.162. The van der Waals surface area contributed by atoms with Crippen LogP contribution in [0.15, 0.2) is 0 Å². The number of nitrogens with one attached hydrogen (secondary N) is 2. The average molecular weight is 270 g/mol. The molecule has 1 aliphatic rings. The molecular weight excluding hydrogens is 244 g/mol. The van der Waals surface area contributed by atoms with Gasteiger partial charge in [0.05, 0.1) is 5.54 Å². The van der Waals surface area contributed by atoms with Crippen LogP contribution in [-0.2, 0) is 9.59 Å². The molecule has 19 heavy (non-hydrogen) atoms. The number of aliphatic carboxylic acids is 1. The Labute approximate surface area is 115 Å². The maximum atomic E-state index is 12.5. The Hall–Kier alpha value is -1.10. The lowest BCUT2D eigenvalue weighted by Crippen LogP contribution is -2.61. The van der Waals surface area contributed by atoms with Gasteiger partial charge in [-0.3, -0.25) is 4.79 Å². The lowest BCUT2D eigenvalue weighted by atomic mass is 9.88. The first-order chi connectivity index (χ1) is 8.90. The van der Waals surface area contributed by atoms with Crippen molar-refractivity contribution >= 4 is 11.9 Å². The van der Waals surface area contributed by atoms with Crippen LogP contribution in [0.5, 0.6) is 0 Å². The van der Waals surface area contributed by atoms with E-state index < -0.39 is 17.0 Å². The summed E-state index contributed by atoms with van der Waals surface area (Å²) >= 11 is 0.